The van der Waals surface area contributed by atoms with Gasteiger partial charge in [0.1, 0.15) is 0 Å². The summed E-state index contributed by atoms with van der Waals surface area (Å²) in [6.45, 7) is 10.9. The lowest BCUT2D eigenvalue weighted by molar-refractivity contribution is 0.00578. The van der Waals surface area contributed by atoms with Crippen molar-refractivity contribution in [3.05, 3.63) is 29.8 Å². The molecule has 5 heteroatoms. The van der Waals surface area contributed by atoms with E-state index in [0.29, 0.717) is 12.1 Å². The average molecular weight is 303 g/mol. The van der Waals surface area contributed by atoms with Gasteiger partial charge in [-0.3, -0.25) is 4.79 Å². The van der Waals surface area contributed by atoms with E-state index in [9.17, 15) is 4.79 Å². The topological polar surface area (TPSA) is 47.6 Å². The van der Waals surface area contributed by atoms with E-state index in [0.717, 1.165) is 18.3 Å². The normalized spacial score (nSPS) is 19.2. The lowest BCUT2D eigenvalue weighted by atomic mass is 9.78. The maximum Gasteiger partial charge on any atom is 0.494 e. The number of carbonyl (C=O) groups excluding carboxylic acids is 1. The zero-order valence-electron chi connectivity index (χ0n) is 14.2. The molecule has 4 nitrogen and oxygen atoms in total. The number of unbranched alkanes of at least 4 members (excludes halogenated alkanes) is 1. The Morgan fingerprint density at radius 3 is 2.41 bits per heavy atom. The van der Waals surface area contributed by atoms with Gasteiger partial charge >= 0.3 is 7.12 Å². The maximum atomic E-state index is 12.1. The Bertz CT molecular complexity index is 526. The fourth-order valence-corrected chi connectivity index (χ4v) is 2.29. The van der Waals surface area contributed by atoms with Gasteiger partial charge in [0.15, 0.2) is 0 Å². The quantitative estimate of drug-likeness (QED) is 0.671. The number of hydrogen-bond acceptors (Lipinski definition) is 3. The van der Waals surface area contributed by atoms with Gasteiger partial charge in [0.05, 0.1) is 11.2 Å². The van der Waals surface area contributed by atoms with Crippen LogP contribution in [0.1, 0.15) is 57.8 Å². The molecule has 2 rings (SSSR count). The third-order valence-corrected chi connectivity index (χ3v) is 4.49. The lowest BCUT2D eigenvalue weighted by Gasteiger charge is -2.32. The van der Waals surface area contributed by atoms with E-state index in [1.54, 1.807) is 0 Å². The van der Waals surface area contributed by atoms with Gasteiger partial charge in [-0.15, -0.1) is 0 Å². The highest BCUT2D eigenvalue weighted by Crippen LogP contribution is 2.36. The Morgan fingerprint density at radius 2 is 1.82 bits per heavy atom. The molecule has 1 aromatic carbocycles. The molecular weight excluding hydrogens is 277 g/mol. The number of nitrogens with one attached hydrogen (secondary N) is 1. The molecule has 120 valence electrons. The molecule has 22 heavy (non-hydrogen) atoms. The molecule has 0 bridgehead atoms. The largest absolute Gasteiger partial charge is 0.494 e. The molecule has 1 aromatic rings. The second-order valence-corrected chi connectivity index (χ2v) is 6.82. The van der Waals surface area contributed by atoms with Crippen molar-refractivity contribution in [2.75, 3.05) is 6.54 Å². The van der Waals surface area contributed by atoms with Crippen molar-refractivity contribution in [2.45, 2.75) is 58.7 Å². The monoisotopic (exact) mass is 303 g/mol. The first-order chi connectivity index (χ1) is 10.3. The maximum absolute atomic E-state index is 12.1. The number of benzene rings is 1. The average Bonchev–Trinajstić information content (AvgIpc) is 2.68. The van der Waals surface area contributed by atoms with Crippen molar-refractivity contribution in [2.24, 2.45) is 0 Å². The molecule has 1 aliphatic heterocycles. The van der Waals surface area contributed by atoms with Crippen molar-refractivity contribution in [3.8, 4) is 0 Å². The summed E-state index contributed by atoms with van der Waals surface area (Å²) in [4.78, 5) is 12.1. The fourth-order valence-electron chi connectivity index (χ4n) is 2.29. The molecule has 0 aliphatic carbocycles. The molecule has 1 fully saturated rings. The molecule has 1 aliphatic rings. The minimum atomic E-state index is -0.437. The number of rotatable bonds is 5. The lowest BCUT2D eigenvalue weighted by Crippen LogP contribution is -2.41. The van der Waals surface area contributed by atoms with Gasteiger partial charge in [-0.05, 0) is 51.7 Å². The molecule has 0 spiro atoms. The van der Waals surface area contributed by atoms with Gasteiger partial charge in [0.25, 0.3) is 5.91 Å². The Morgan fingerprint density at radius 1 is 1.18 bits per heavy atom. The molecule has 1 heterocycles. The standard InChI is InChI=1S/C17H26BNO3/c1-6-7-11-19-15(20)13-9-8-10-14(12-13)18-21-16(2,3)17(4,5)22-18/h8-10,12H,6-7,11H2,1-5H3,(H,19,20). The molecule has 1 saturated heterocycles. The van der Waals surface area contributed by atoms with E-state index in [1.165, 1.54) is 0 Å². The predicted molar refractivity (Wildman–Crippen MR) is 89.4 cm³/mol. The second kappa shape index (κ2) is 6.43. The summed E-state index contributed by atoms with van der Waals surface area (Å²) in [6, 6.07) is 7.47. The molecule has 0 saturated carbocycles. The van der Waals surface area contributed by atoms with E-state index in [2.05, 4.69) is 12.2 Å². The van der Waals surface area contributed by atoms with E-state index in [-0.39, 0.29) is 17.1 Å². The predicted octanol–water partition coefficient (Wildman–Crippen LogP) is 2.52. The van der Waals surface area contributed by atoms with Crippen LogP contribution in [0.15, 0.2) is 24.3 Å². The zero-order valence-corrected chi connectivity index (χ0v) is 14.2. The van der Waals surface area contributed by atoms with Crippen molar-refractivity contribution < 1.29 is 14.1 Å². The first-order valence-corrected chi connectivity index (χ1v) is 8.00. The molecule has 0 unspecified atom stereocenters. The van der Waals surface area contributed by atoms with Crippen LogP contribution in [-0.4, -0.2) is 30.8 Å². The van der Waals surface area contributed by atoms with Gasteiger partial charge in [-0.1, -0.05) is 25.5 Å². The minimum absolute atomic E-state index is 0.0492. The molecule has 0 atom stereocenters. The highest BCUT2D eigenvalue weighted by molar-refractivity contribution is 6.62. The van der Waals surface area contributed by atoms with Gasteiger partial charge < -0.3 is 14.6 Å². The van der Waals surface area contributed by atoms with Crippen LogP contribution in [0.25, 0.3) is 0 Å². The van der Waals surface area contributed by atoms with Crippen LogP contribution < -0.4 is 10.8 Å². The second-order valence-electron chi connectivity index (χ2n) is 6.82. The van der Waals surface area contributed by atoms with E-state index < -0.39 is 7.12 Å². The number of carbonyl (C=O) groups is 1. The van der Waals surface area contributed by atoms with Crippen molar-refractivity contribution >= 4 is 18.5 Å². The van der Waals surface area contributed by atoms with Crippen LogP contribution in [0.3, 0.4) is 0 Å². The van der Waals surface area contributed by atoms with Crippen LogP contribution in [0.4, 0.5) is 0 Å². The Balaban J connectivity index is 2.11. The van der Waals surface area contributed by atoms with Crippen LogP contribution in [0.5, 0.6) is 0 Å². The third-order valence-electron chi connectivity index (χ3n) is 4.49. The molecule has 1 N–H and O–H groups in total. The van der Waals surface area contributed by atoms with Gasteiger partial charge in [0.2, 0.25) is 0 Å². The van der Waals surface area contributed by atoms with Gasteiger partial charge in [-0.25, -0.2) is 0 Å². The fraction of sp³-hybridized carbons (Fsp3) is 0.588. The Labute approximate surface area is 133 Å². The van der Waals surface area contributed by atoms with Crippen molar-refractivity contribution in [3.63, 3.8) is 0 Å². The summed E-state index contributed by atoms with van der Waals surface area (Å²) in [5.41, 5.74) is 0.763. The number of hydrogen-bond donors (Lipinski definition) is 1. The SMILES string of the molecule is CCCCNC(=O)c1cccc(B2OC(C)(C)C(C)(C)O2)c1. The van der Waals surface area contributed by atoms with Crippen molar-refractivity contribution in [1.82, 2.24) is 5.32 Å². The smallest absolute Gasteiger partial charge is 0.399 e. The summed E-state index contributed by atoms with van der Waals surface area (Å²) in [5.74, 6) is -0.0492. The zero-order chi connectivity index (χ0) is 16.4. The highest BCUT2D eigenvalue weighted by atomic mass is 16.7. The minimum Gasteiger partial charge on any atom is -0.399 e. The Hall–Kier alpha value is -1.33. The molecular formula is C17H26BNO3. The molecule has 0 aromatic heterocycles. The Kier molecular flexibility index (Phi) is 4.98. The summed E-state index contributed by atoms with van der Waals surface area (Å²) in [5, 5.41) is 2.93. The molecule has 0 radical (unpaired) electrons. The first kappa shape index (κ1) is 17.0. The summed E-state index contributed by atoms with van der Waals surface area (Å²) in [7, 11) is -0.437. The van der Waals surface area contributed by atoms with Gasteiger partial charge in [-0.2, -0.15) is 0 Å². The van der Waals surface area contributed by atoms with Crippen LogP contribution >= 0.6 is 0 Å². The van der Waals surface area contributed by atoms with Gasteiger partial charge in [0, 0.05) is 12.1 Å². The van der Waals surface area contributed by atoms with E-state index in [4.69, 9.17) is 9.31 Å². The summed E-state index contributed by atoms with van der Waals surface area (Å²) in [6.07, 6.45) is 2.05. The van der Waals surface area contributed by atoms with E-state index >= 15 is 0 Å². The van der Waals surface area contributed by atoms with Crippen LogP contribution in [-0.2, 0) is 9.31 Å². The summed E-state index contributed by atoms with van der Waals surface area (Å²) >= 11 is 0. The van der Waals surface area contributed by atoms with E-state index in [1.807, 2.05) is 52.0 Å². The van der Waals surface area contributed by atoms with Crippen molar-refractivity contribution in [1.29, 1.82) is 0 Å². The van der Waals surface area contributed by atoms with Crippen LogP contribution in [0.2, 0.25) is 0 Å². The first-order valence-electron chi connectivity index (χ1n) is 8.00. The summed E-state index contributed by atoms with van der Waals surface area (Å²) < 4.78 is 12.1. The highest BCUT2D eigenvalue weighted by Gasteiger charge is 2.51. The molecule has 1 amide bonds. The number of amides is 1. The van der Waals surface area contributed by atoms with Crippen LogP contribution in [0, 0.1) is 0 Å². The third kappa shape index (κ3) is 3.53.